The van der Waals surface area contributed by atoms with Gasteiger partial charge in [0.15, 0.2) is 0 Å². The lowest BCUT2D eigenvalue weighted by molar-refractivity contribution is 0.561. The summed E-state index contributed by atoms with van der Waals surface area (Å²) in [6, 6.07) is 9.28. The van der Waals surface area contributed by atoms with E-state index in [-0.39, 0.29) is 11.7 Å². The zero-order valence-corrected chi connectivity index (χ0v) is 8.78. The molecule has 0 fully saturated rings. The van der Waals surface area contributed by atoms with Crippen molar-refractivity contribution in [2.45, 2.75) is 19.9 Å². The van der Waals surface area contributed by atoms with Crippen molar-refractivity contribution in [2.24, 2.45) is 0 Å². The molecule has 0 amide bonds. The van der Waals surface area contributed by atoms with Gasteiger partial charge in [0.2, 0.25) is 0 Å². The van der Waals surface area contributed by atoms with E-state index in [2.05, 4.69) is 5.32 Å². The molecule has 0 radical (unpaired) electrons. The van der Waals surface area contributed by atoms with E-state index in [1.165, 1.54) is 6.07 Å². The predicted molar refractivity (Wildman–Crippen MR) is 61.2 cm³/mol. The second kappa shape index (κ2) is 3.77. The Kier molecular flexibility index (Phi) is 2.46. The highest BCUT2D eigenvalue weighted by molar-refractivity contribution is 5.89. The Morgan fingerprint density at radius 1 is 1.27 bits per heavy atom. The third-order valence-electron chi connectivity index (χ3n) is 2.09. The molecule has 0 aliphatic heterocycles. The van der Waals surface area contributed by atoms with E-state index in [1.54, 1.807) is 6.07 Å². The Hall–Kier alpha value is -1.77. The highest BCUT2D eigenvalue weighted by Crippen LogP contribution is 2.21. The van der Waals surface area contributed by atoms with Gasteiger partial charge in [-0.05, 0) is 26.0 Å². The lowest BCUT2D eigenvalue weighted by Crippen LogP contribution is -2.12. The van der Waals surface area contributed by atoms with E-state index in [4.69, 9.17) is 4.42 Å². The van der Waals surface area contributed by atoms with Gasteiger partial charge in [-0.1, -0.05) is 12.1 Å². The zero-order chi connectivity index (χ0) is 10.8. The van der Waals surface area contributed by atoms with Gasteiger partial charge in [-0.25, -0.2) is 4.79 Å². The second-order valence-corrected chi connectivity index (χ2v) is 3.77. The van der Waals surface area contributed by atoms with E-state index >= 15 is 0 Å². The summed E-state index contributed by atoms with van der Waals surface area (Å²) in [5.41, 5.74) is 1.13. The first kappa shape index (κ1) is 9.77. The Bertz CT molecular complexity index is 528. The van der Waals surface area contributed by atoms with Gasteiger partial charge in [-0.3, -0.25) is 0 Å². The summed E-state index contributed by atoms with van der Waals surface area (Å²) in [6.07, 6.45) is 0. The van der Waals surface area contributed by atoms with Crippen LogP contribution in [-0.2, 0) is 0 Å². The van der Waals surface area contributed by atoms with Gasteiger partial charge >= 0.3 is 5.63 Å². The van der Waals surface area contributed by atoms with E-state index < -0.39 is 0 Å². The molecule has 1 heterocycles. The van der Waals surface area contributed by atoms with Crippen LogP contribution in [0.3, 0.4) is 0 Å². The van der Waals surface area contributed by atoms with Crippen LogP contribution in [0, 0.1) is 0 Å². The van der Waals surface area contributed by atoms with Crippen LogP contribution < -0.4 is 10.9 Å². The van der Waals surface area contributed by atoms with Crippen molar-refractivity contribution in [3.05, 3.63) is 40.8 Å². The van der Waals surface area contributed by atoms with Crippen molar-refractivity contribution in [1.29, 1.82) is 0 Å². The van der Waals surface area contributed by atoms with Crippen molar-refractivity contribution in [3.63, 3.8) is 0 Å². The number of benzene rings is 1. The third kappa shape index (κ3) is 2.01. The summed E-state index contributed by atoms with van der Waals surface area (Å²) in [6.45, 7) is 4.06. The number of fused-ring (bicyclic) bond motifs is 1. The van der Waals surface area contributed by atoms with Crippen LogP contribution in [0.5, 0.6) is 0 Å². The van der Waals surface area contributed by atoms with Crippen LogP contribution in [0.4, 0.5) is 5.69 Å². The summed E-state index contributed by atoms with van der Waals surface area (Å²) in [5, 5.41) is 4.16. The first-order chi connectivity index (χ1) is 7.16. The molecular weight excluding hydrogens is 190 g/mol. The van der Waals surface area contributed by atoms with Gasteiger partial charge in [-0.15, -0.1) is 0 Å². The van der Waals surface area contributed by atoms with Crippen LogP contribution in [0.1, 0.15) is 13.8 Å². The molecule has 0 bridgehead atoms. The van der Waals surface area contributed by atoms with Gasteiger partial charge in [-0.2, -0.15) is 0 Å². The number of para-hydroxylation sites is 1. The zero-order valence-electron chi connectivity index (χ0n) is 8.78. The lowest BCUT2D eigenvalue weighted by atomic mass is 10.2. The Morgan fingerprint density at radius 2 is 2.00 bits per heavy atom. The van der Waals surface area contributed by atoms with Gasteiger partial charge in [0.25, 0.3) is 0 Å². The Labute approximate surface area is 87.7 Å². The molecule has 0 spiro atoms. The molecule has 15 heavy (non-hydrogen) atoms. The molecule has 78 valence electrons. The molecule has 0 aliphatic carbocycles. The summed E-state index contributed by atoms with van der Waals surface area (Å²) in [7, 11) is 0. The van der Waals surface area contributed by atoms with Gasteiger partial charge in [0.1, 0.15) is 5.58 Å². The number of nitrogens with one attached hydrogen (secondary N) is 1. The van der Waals surface area contributed by atoms with Crippen LogP contribution in [0.2, 0.25) is 0 Å². The van der Waals surface area contributed by atoms with E-state index in [0.717, 1.165) is 11.1 Å². The van der Waals surface area contributed by atoms with Crippen LogP contribution in [-0.4, -0.2) is 6.04 Å². The van der Waals surface area contributed by atoms with E-state index in [1.807, 2.05) is 32.0 Å². The third-order valence-corrected chi connectivity index (χ3v) is 2.09. The predicted octanol–water partition coefficient (Wildman–Crippen LogP) is 2.61. The minimum atomic E-state index is -0.322. The molecule has 1 aromatic carbocycles. The quantitative estimate of drug-likeness (QED) is 0.763. The fraction of sp³-hybridized carbons (Fsp3) is 0.250. The molecule has 0 saturated heterocycles. The monoisotopic (exact) mass is 203 g/mol. The Balaban J connectivity index is 2.66. The number of hydrogen-bond donors (Lipinski definition) is 1. The minimum Gasteiger partial charge on any atom is -0.423 e. The van der Waals surface area contributed by atoms with Gasteiger partial charge in [0.05, 0.1) is 5.69 Å². The summed E-state index contributed by atoms with van der Waals surface area (Å²) >= 11 is 0. The van der Waals surface area contributed by atoms with E-state index in [9.17, 15) is 4.79 Å². The van der Waals surface area contributed by atoms with Crippen LogP contribution in [0.25, 0.3) is 11.0 Å². The maximum Gasteiger partial charge on any atom is 0.338 e. The largest absolute Gasteiger partial charge is 0.423 e. The second-order valence-electron chi connectivity index (χ2n) is 3.77. The van der Waals surface area contributed by atoms with Crippen LogP contribution in [0.15, 0.2) is 39.5 Å². The highest BCUT2D eigenvalue weighted by atomic mass is 16.4. The molecular formula is C12H13NO2. The molecule has 0 aliphatic rings. The fourth-order valence-electron chi connectivity index (χ4n) is 1.54. The van der Waals surface area contributed by atoms with Crippen molar-refractivity contribution in [3.8, 4) is 0 Å². The standard InChI is InChI=1S/C12H13NO2/c1-8(2)13-10-7-12(14)15-11-6-4-3-5-9(10)11/h3-8,13H,1-2H3. The molecule has 0 saturated carbocycles. The normalized spacial score (nSPS) is 10.9. The average molecular weight is 203 g/mol. The maximum absolute atomic E-state index is 11.3. The minimum absolute atomic E-state index is 0.287. The molecule has 1 aromatic heterocycles. The molecule has 3 nitrogen and oxygen atoms in total. The molecule has 3 heteroatoms. The molecule has 2 aromatic rings. The smallest absolute Gasteiger partial charge is 0.338 e. The SMILES string of the molecule is CC(C)Nc1cc(=O)oc2ccccc12. The maximum atomic E-state index is 11.3. The number of hydrogen-bond acceptors (Lipinski definition) is 3. The van der Waals surface area contributed by atoms with Crippen molar-refractivity contribution < 1.29 is 4.42 Å². The fourth-order valence-corrected chi connectivity index (χ4v) is 1.54. The molecule has 0 unspecified atom stereocenters. The van der Waals surface area contributed by atoms with Gasteiger partial charge in [0, 0.05) is 17.5 Å². The number of rotatable bonds is 2. The first-order valence-electron chi connectivity index (χ1n) is 4.96. The van der Waals surface area contributed by atoms with Crippen LogP contribution >= 0.6 is 0 Å². The molecule has 0 atom stereocenters. The average Bonchev–Trinajstić information content (AvgIpc) is 2.16. The van der Waals surface area contributed by atoms with Crippen molar-refractivity contribution in [1.82, 2.24) is 0 Å². The first-order valence-corrected chi connectivity index (χ1v) is 4.96. The Morgan fingerprint density at radius 3 is 2.73 bits per heavy atom. The number of anilines is 1. The van der Waals surface area contributed by atoms with Gasteiger partial charge < -0.3 is 9.73 Å². The van der Waals surface area contributed by atoms with Crippen molar-refractivity contribution >= 4 is 16.7 Å². The summed E-state index contributed by atoms with van der Waals surface area (Å²) in [4.78, 5) is 11.3. The van der Waals surface area contributed by atoms with E-state index in [0.29, 0.717) is 5.58 Å². The summed E-state index contributed by atoms with van der Waals surface area (Å²) < 4.78 is 5.09. The lowest BCUT2D eigenvalue weighted by Gasteiger charge is -2.11. The highest BCUT2D eigenvalue weighted by Gasteiger charge is 2.04. The summed E-state index contributed by atoms with van der Waals surface area (Å²) in [5.74, 6) is 0. The molecule has 1 N–H and O–H groups in total. The van der Waals surface area contributed by atoms with Crippen molar-refractivity contribution in [2.75, 3.05) is 5.32 Å². The topological polar surface area (TPSA) is 42.2 Å². The molecule has 2 rings (SSSR count).